The molecule has 2 nitrogen and oxygen atoms in total. The Balaban J connectivity index is 0.000000261. The van der Waals surface area contributed by atoms with Crippen molar-refractivity contribution < 1.29 is 15.1 Å². The van der Waals surface area contributed by atoms with E-state index in [0.717, 1.165) is 17.5 Å². The zero-order valence-corrected chi connectivity index (χ0v) is 41.6. The van der Waals surface area contributed by atoms with Crippen LogP contribution in [0.25, 0.3) is 21.5 Å². The molecule has 2 atom stereocenters. The zero-order chi connectivity index (χ0) is 45.5. The maximum atomic E-state index is 6.15. The predicted molar refractivity (Wildman–Crippen MR) is 289 cm³/mol. The van der Waals surface area contributed by atoms with Crippen LogP contribution in [-0.2, 0) is 21.6 Å². The number of hydrogen-bond donors (Lipinski definition) is 2. The maximum absolute atomic E-state index is 6.15. The van der Waals surface area contributed by atoms with Crippen LogP contribution in [0.4, 0.5) is 0 Å². The van der Waals surface area contributed by atoms with Crippen LogP contribution in [0.2, 0.25) is 0 Å². The first-order valence-electron chi connectivity index (χ1n) is 22.0. The Morgan fingerprint density at radius 1 is 0.333 bits per heavy atom. The number of halogens is 2. The minimum absolute atomic E-state index is 0.163. The van der Waals surface area contributed by atoms with Gasteiger partial charge in [-0.05, 0) is 93.3 Å². The zero-order valence-electron chi connectivity index (χ0n) is 36.4. The fraction of sp³-hybridized carbons (Fsp3) is 0.0508. The number of benzene rings is 10. The minimum atomic E-state index is -1.30. The predicted octanol–water partition coefficient (Wildman–Crippen LogP) is 12.3. The first-order chi connectivity index (χ1) is 32.6. The van der Waals surface area contributed by atoms with Crippen molar-refractivity contribution in [2.75, 3.05) is 0 Å². The molecule has 0 aromatic heterocycles. The molecule has 0 radical (unpaired) electrons. The van der Waals surface area contributed by atoms with Crippen LogP contribution in [-0.4, -0.2) is 0 Å². The summed E-state index contributed by atoms with van der Waals surface area (Å²) in [6.07, 6.45) is 0.870. The smallest absolute Gasteiger partial charge is 0.0620 e. The van der Waals surface area contributed by atoms with Gasteiger partial charge < -0.3 is 11.5 Å². The van der Waals surface area contributed by atoms with Crippen molar-refractivity contribution in [3.8, 4) is 0 Å². The molecule has 0 aliphatic heterocycles. The average molecular weight is 1020 g/mol. The molecule has 2 unspecified atom stereocenters. The van der Waals surface area contributed by atoms with Gasteiger partial charge in [0.05, 0.1) is 15.8 Å². The largest absolute Gasteiger partial charge is 0.106 e. The second-order valence-electron chi connectivity index (χ2n) is 15.9. The van der Waals surface area contributed by atoms with E-state index in [1.807, 2.05) is 60.7 Å². The maximum Gasteiger partial charge on any atom is 0.106 e. The van der Waals surface area contributed by atoms with Crippen LogP contribution >= 0.6 is 35.2 Å². The van der Waals surface area contributed by atoms with Crippen molar-refractivity contribution in [2.45, 2.75) is 18.5 Å². The van der Waals surface area contributed by atoms with E-state index >= 15 is 0 Å². The van der Waals surface area contributed by atoms with Gasteiger partial charge in [-0.1, -0.05) is 194 Å². The molecule has 10 rings (SSSR count). The third-order valence-corrected chi connectivity index (χ3v) is 17.6. The first kappa shape index (κ1) is 47.2. The van der Waals surface area contributed by atoms with Gasteiger partial charge in [0.25, 0.3) is 0 Å². The summed E-state index contributed by atoms with van der Waals surface area (Å²) in [5.74, 6) is 0. The number of hydrogen-bond acceptors (Lipinski definition) is 2. The van der Waals surface area contributed by atoms with Crippen LogP contribution in [0.15, 0.2) is 255 Å². The van der Waals surface area contributed by atoms with Gasteiger partial charge >= 0.3 is 34.5 Å². The van der Waals surface area contributed by atoms with E-state index in [9.17, 15) is 0 Å². The van der Waals surface area contributed by atoms with Gasteiger partial charge in [-0.25, -0.2) is 0 Å². The summed E-state index contributed by atoms with van der Waals surface area (Å²) in [4.78, 5) is 0. The Bertz CT molecular complexity index is 2750. The van der Waals surface area contributed by atoms with Crippen LogP contribution in [0.5, 0.6) is 0 Å². The monoisotopic (exact) mass is 1020 g/mol. The Morgan fingerprint density at radius 2 is 0.591 bits per heavy atom. The molecule has 0 spiro atoms. The Hall–Kier alpha value is -5.30. The molecule has 7 heteroatoms. The minimum Gasteiger partial charge on any atom is -0.0620 e. The third-order valence-electron chi connectivity index (χ3n) is 12.0. The van der Waals surface area contributed by atoms with Crippen LogP contribution in [0.1, 0.15) is 34.3 Å². The number of fused-ring (bicyclic) bond motifs is 2. The van der Waals surface area contributed by atoms with Gasteiger partial charge in [0.1, 0.15) is 31.8 Å². The summed E-state index contributed by atoms with van der Waals surface area (Å²) in [5.41, 5.74) is 17.3. The van der Waals surface area contributed by atoms with Crippen LogP contribution in [0, 0.1) is 0 Å². The molecule has 0 amide bonds. The van der Waals surface area contributed by atoms with Crippen molar-refractivity contribution in [1.29, 1.82) is 0 Å². The van der Waals surface area contributed by atoms with E-state index in [0.29, 0.717) is 0 Å². The van der Waals surface area contributed by atoms with E-state index in [-0.39, 0.29) is 27.2 Å². The number of rotatable bonds is 11. The van der Waals surface area contributed by atoms with Gasteiger partial charge in [0, 0.05) is 29.6 Å². The summed E-state index contributed by atoms with van der Waals surface area (Å²) in [7, 11) is 7.11. The topological polar surface area (TPSA) is 52.0 Å². The molecular formula is C59H52Cl2N2P2Ru+4. The van der Waals surface area contributed by atoms with E-state index in [2.05, 4.69) is 194 Å². The van der Waals surface area contributed by atoms with Crippen molar-refractivity contribution in [2.24, 2.45) is 11.5 Å². The second-order valence-corrected chi connectivity index (χ2v) is 23.5. The molecule has 66 heavy (non-hydrogen) atoms. The summed E-state index contributed by atoms with van der Waals surface area (Å²) in [6.45, 7) is 0. The molecule has 326 valence electrons. The molecule has 0 heterocycles. The molecule has 0 bridgehead atoms. The fourth-order valence-corrected chi connectivity index (χ4v) is 14.4. The molecule has 10 aromatic carbocycles. The molecule has 10 aromatic rings. The van der Waals surface area contributed by atoms with E-state index in [4.69, 9.17) is 30.8 Å². The SMILES string of the molecule is NC(c1ccccc1)C(N)c1ccccc1.[Cl][Ru+2][Cl].c1ccc([PH+](c2ccccc2)c2ccc3ccccc3c2Cc2c([PH+](c3ccccc3)c3ccccc3)ccc3ccccc23)cc1. The standard InChI is InChI=1S/C45H34P2.C14H16N2.2ClH.Ru/c1-5-19-36(20-6-1)46(37-21-7-2-8-22-37)44-31-29-34-17-13-15-27-40(34)42(44)33-43-41-28-16-14-18-35(41)30-32-45(43)47(38-23-9-3-10-24-38)39-25-11-4-12-26-39;15-13(11-7-3-1-4-8-11)14(16)12-9-5-2-6-10-12;;;/h1-32H,33H2;1-10,13-14H,15-16H2;2*1H;/q;;;;+4. The molecule has 0 aliphatic rings. The molecular weight excluding hydrogens is 971 g/mol. The Morgan fingerprint density at radius 3 is 0.894 bits per heavy atom. The third kappa shape index (κ3) is 11.4. The number of nitrogens with two attached hydrogens (primary N) is 2. The molecule has 0 fully saturated rings. The Labute approximate surface area is 407 Å². The van der Waals surface area contributed by atoms with Crippen molar-refractivity contribution in [1.82, 2.24) is 0 Å². The van der Waals surface area contributed by atoms with Gasteiger partial charge in [-0.3, -0.25) is 0 Å². The quantitative estimate of drug-likeness (QED) is 0.100. The van der Waals surface area contributed by atoms with Crippen molar-refractivity contribution in [3.05, 3.63) is 277 Å². The van der Waals surface area contributed by atoms with E-state index in [1.54, 1.807) is 0 Å². The normalized spacial score (nSPS) is 11.9. The first-order valence-corrected chi connectivity index (χ1v) is 29.5. The van der Waals surface area contributed by atoms with E-state index < -0.39 is 15.8 Å². The van der Waals surface area contributed by atoms with Gasteiger partial charge in [0.2, 0.25) is 0 Å². The summed E-state index contributed by atoms with van der Waals surface area (Å²) in [6, 6.07) is 91.9. The van der Waals surface area contributed by atoms with Crippen molar-refractivity contribution >= 4 is 88.6 Å². The average Bonchev–Trinajstić information content (AvgIpc) is 3.39. The molecule has 0 aliphatic carbocycles. The van der Waals surface area contributed by atoms with Crippen LogP contribution < -0.4 is 43.3 Å². The fourth-order valence-electron chi connectivity index (χ4n) is 8.84. The second kappa shape index (κ2) is 23.9. The molecule has 0 saturated carbocycles. The summed E-state index contributed by atoms with van der Waals surface area (Å²) < 4.78 is 0. The summed E-state index contributed by atoms with van der Waals surface area (Å²) in [5, 5.41) is 13.9. The Kier molecular flexibility index (Phi) is 17.1. The van der Waals surface area contributed by atoms with Crippen molar-refractivity contribution in [3.63, 3.8) is 0 Å². The van der Waals surface area contributed by atoms with Gasteiger partial charge in [-0.2, -0.15) is 0 Å². The summed E-state index contributed by atoms with van der Waals surface area (Å²) >= 11 is -0.346. The molecule has 0 saturated heterocycles. The van der Waals surface area contributed by atoms with E-state index in [1.165, 1.54) is 64.5 Å². The molecule has 4 N–H and O–H groups in total. The van der Waals surface area contributed by atoms with Gasteiger partial charge in [0.15, 0.2) is 0 Å². The van der Waals surface area contributed by atoms with Crippen LogP contribution in [0.3, 0.4) is 0 Å². The van der Waals surface area contributed by atoms with Gasteiger partial charge in [-0.15, -0.1) is 0 Å².